The lowest BCUT2D eigenvalue weighted by atomic mass is 9.80. The van der Waals surface area contributed by atoms with Crippen LogP contribution in [0.15, 0.2) is 30.3 Å². The van der Waals surface area contributed by atoms with Gasteiger partial charge in [-0.25, -0.2) is 8.78 Å². The molecule has 1 heterocycles. The van der Waals surface area contributed by atoms with Gasteiger partial charge in [0.05, 0.1) is 16.5 Å². The second-order valence-corrected chi connectivity index (χ2v) is 12.2. The predicted octanol–water partition coefficient (Wildman–Crippen LogP) is 6.17. The lowest BCUT2D eigenvalue weighted by molar-refractivity contribution is 0.133. The fourth-order valence-electron chi connectivity index (χ4n) is 6.89. The molecule has 4 saturated carbocycles. The standard InChI is InChI=1S/C29H33F2NOS/c30-21-14-19(15-22(31)17-21)4-6-23(33)18-32-29(10-2-1-3-11-29)26-9-8-24(34-26)7-5-20-16-25-27(20)28(25)12-13-28/h8-9,14-15,17,20,23,25,27,32-33H,1-4,6,10-13,16,18H2/t20?,23-,25?,27?/m0/s1. The van der Waals surface area contributed by atoms with E-state index in [1.807, 2.05) is 11.3 Å². The molecule has 4 aliphatic carbocycles. The van der Waals surface area contributed by atoms with Crippen molar-refractivity contribution in [1.82, 2.24) is 5.32 Å². The topological polar surface area (TPSA) is 32.3 Å². The molecule has 4 fully saturated rings. The van der Waals surface area contributed by atoms with E-state index in [0.29, 0.717) is 30.9 Å². The van der Waals surface area contributed by atoms with Crippen LogP contribution in [0.1, 0.15) is 73.1 Å². The molecule has 0 saturated heterocycles. The second-order valence-electron chi connectivity index (χ2n) is 11.1. The van der Waals surface area contributed by atoms with E-state index in [4.69, 9.17) is 0 Å². The molecular formula is C29H33F2NOS. The smallest absolute Gasteiger partial charge is 0.126 e. The molecule has 180 valence electrons. The Morgan fingerprint density at radius 1 is 1.06 bits per heavy atom. The lowest BCUT2D eigenvalue weighted by Crippen LogP contribution is -2.46. The summed E-state index contributed by atoms with van der Waals surface area (Å²) < 4.78 is 26.9. The third-order valence-corrected chi connectivity index (χ3v) is 10.2. The predicted molar refractivity (Wildman–Crippen MR) is 131 cm³/mol. The van der Waals surface area contributed by atoms with Crippen molar-refractivity contribution in [1.29, 1.82) is 0 Å². The number of halogens is 2. The fourth-order valence-corrected chi connectivity index (χ4v) is 7.98. The van der Waals surface area contributed by atoms with Crippen LogP contribution in [0.5, 0.6) is 0 Å². The highest BCUT2D eigenvalue weighted by Crippen LogP contribution is 2.84. The Morgan fingerprint density at radius 2 is 1.82 bits per heavy atom. The number of hydrogen-bond acceptors (Lipinski definition) is 3. The highest BCUT2D eigenvalue weighted by atomic mass is 32.1. The zero-order valence-electron chi connectivity index (χ0n) is 19.6. The van der Waals surface area contributed by atoms with Gasteiger partial charge < -0.3 is 10.4 Å². The zero-order valence-corrected chi connectivity index (χ0v) is 20.4. The summed E-state index contributed by atoms with van der Waals surface area (Å²) in [5, 5.41) is 14.3. The average Bonchev–Trinajstić information content (AvgIpc) is 3.58. The van der Waals surface area contributed by atoms with E-state index in [-0.39, 0.29) is 5.54 Å². The number of aryl methyl sites for hydroxylation is 1. The summed E-state index contributed by atoms with van der Waals surface area (Å²) in [5.41, 5.74) is 1.23. The maximum absolute atomic E-state index is 13.4. The Balaban J connectivity index is 1.08. The van der Waals surface area contributed by atoms with E-state index in [0.717, 1.165) is 41.0 Å². The van der Waals surface area contributed by atoms with Gasteiger partial charge in [0.15, 0.2) is 0 Å². The molecule has 5 heteroatoms. The number of fused-ring (bicyclic) bond motifs is 3. The molecule has 6 rings (SSSR count). The highest BCUT2D eigenvalue weighted by molar-refractivity contribution is 7.12. The Labute approximate surface area is 205 Å². The number of thiophene rings is 1. The molecule has 1 aromatic carbocycles. The number of aliphatic hydroxyl groups excluding tert-OH is 1. The van der Waals surface area contributed by atoms with Crippen molar-refractivity contribution in [3.8, 4) is 11.8 Å². The van der Waals surface area contributed by atoms with Crippen LogP contribution in [-0.2, 0) is 12.0 Å². The molecule has 4 atom stereocenters. The van der Waals surface area contributed by atoms with Crippen LogP contribution in [0.2, 0.25) is 0 Å². The van der Waals surface area contributed by atoms with E-state index in [9.17, 15) is 13.9 Å². The van der Waals surface area contributed by atoms with E-state index in [2.05, 4.69) is 29.3 Å². The van der Waals surface area contributed by atoms with Crippen LogP contribution in [-0.4, -0.2) is 17.8 Å². The number of aliphatic hydroxyl groups is 1. The van der Waals surface area contributed by atoms with E-state index < -0.39 is 17.7 Å². The lowest BCUT2D eigenvalue weighted by Gasteiger charge is -2.38. The zero-order chi connectivity index (χ0) is 23.3. The molecule has 2 aromatic rings. The molecule has 2 nitrogen and oxygen atoms in total. The maximum Gasteiger partial charge on any atom is 0.126 e. The third-order valence-electron chi connectivity index (χ3n) is 9.03. The number of hydrogen-bond donors (Lipinski definition) is 2. The first-order valence-corrected chi connectivity index (χ1v) is 13.8. The van der Waals surface area contributed by atoms with Crippen molar-refractivity contribution in [2.24, 2.45) is 23.2 Å². The summed E-state index contributed by atoms with van der Waals surface area (Å²) in [6, 6.07) is 7.98. The van der Waals surface area contributed by atoms with Crippen molar-refractivity contribution in [3.05, 3.63) is 57.3 Å². The molecular weight excluding hydrogens is 448 g/mol. The van der Waals surface area contributed by atoms with Gasteiger partial charge in [-0.15, -0.1) is 11.3 Å². The fraction of sp³-hybridized carbons (Fsp3) is 0.586. The molecule has 0 radical (unpaired) electrons. The van der Waals surface area contributed by atoms with Gasteiger partial charge in [0.1, 0.15) is 11.6 Å². The van der Waals surface area contributed by atoms with E-state index >= 15 is 0 Å². The van der Waals surface area contributed by atoms with Crippen molar-refractivity contribution in [3.63, 3.8) is 0 Å². The summed E-state index contributed by atoms with van der Waals surface area (Å²) in [7, 11) is 0. The maximum atomic E-state index is 13.4. The summed E-state index contributed by atoms with van der Waals surface area (Å²) in [5.74, 6) is 8.49. The van der Waals surface area contributed by atoms with E-state index in [1.54, 1.807) is 0 Å². The van der Waals surface area contributed by atoms with Crippen LogP contribution in [0.25, 0.3) is 0 Å². The van der Waals surface area contributed by atoms with Crippen molar-refractivity contribution in [2.75, 3.05) is 6.54 Å². The normalized spacial score (nSPS) is 28.4. The first kappa shape index (κ1) is 22.7. The number of nitrogens with one attached hydrogen (secondary N) is 1. The molecule has 2 N–H and O–H groups in total. The molecule has 0 aliphatic heterocycles. The largest absolute Gasteiger partial charge is 0.392 e. The van der Waals surface area contributed by atoms with Gasteiger partial charge in [0.25, 0.3) is 0 Å². The van der Waals surface area contributed by atoms with Crippen molar-refractivity contribution >= 4 is 11.3 Å². The minimum absolute atomic E-state index is 0.106. The summed E-state index contributed by atoms with van der Waals surface area (Å²) >= 11 is 1.81. The van der Waals surface area contributed by atoms with Gasteiger partial charge in [0, 0.05) is 23.4 Å². The molecule has 0 bridgehead atoms. The van der Waals surface area contributed by atoms with Crippen LogP contribution >= 0.6 is 11.3 Å². The van der Waals surface area contributed by atoms with Gasteiger partial charge >= 0.3 is 0 Å². The van der Waals surface area contributed by atoms with Gasteiger partial charge in [-0.3, -0.25) is 0 Å². The van der Waals surface area contributed by atoms with Gasteiger partial charge in [0.2, 0.25) is 0 Å². The first-order valence-electron chi connectivity index (χ1n) is 13.0. The quantitative estimate of drug-likeness (QED) is 0.464. The Morgan fingerprint density at radius 3 is 2.53 bits per heavy atom. The molecule has 3 unspecified atom stereocenters. The molecule has 4 aliphatic rings. The van der Waals surface area contributed by atoms with Crippen LogP contribution in [0.3, 0.4) is 0 Å². The Bertz CT molecular complexity index is 1100. The summed E-state index contributed by atoms with van der Waals surface area (Å²) in [6.45, 7) is 0.476. The monoisotopic (exact) mass is 481 g/mol. The van der Waals surface area contributed by atoms with Crippen molar-refractivity contribution < 1.29 is 13.9 Å². The third kappa shape index (κ3) is 4.23. The summed E-state index contributed by atoms with van der Waals surface area (Å²) in [6.07, 6.45) is 10.3. The van der Waals surface area contributed by atoms with E-state index in [1.165, 1.54) is 55.5 Å². The highest BCUT2D eigenvalue weighted by Gasteiger charge is 2.78. The molecule has 1 aromatic heterocycles. The number of benzene rings is 1. The van der Waals surface area contributed by atoms with Crippen LogP contribution < -0.4 is 5.32 Å². The van der Waals surface area contributed by atoms with Crippen LogP contribution in [0, 0.1) is 46.6 Å². The molecule has 34 heavy (non-hydrogen) atoms. The minimum atomic E-state index is -0.568. The first-order chi connectivity index (χ1) is 16.5. The average molecular weight is 482 g/mol. The van der Waals surface area contributed by atoms with Crippen molar-refractivity contribution in [2.45, 2.75) is 75.9 Å². The van der Waals surface area contributed by atoms with Crippen LogP contribution in [0.4, 0.5) is 8.78 Å². The van der Waals surface area contributed by atoms with Gasteiger partial charge in [-0.2, -0.15) is 0 Å². The Hall–Kier alpha value is -1.74. The molecule has 1 spiro atoms. The minimum Gasteiger partial charge on any atom is -0.392 e. The van der Waals surface area contributed by atoms with Gasteiger partial charge in [-0.05, 0) is 92.0 Å². The molecule has 0 amide bonds. The van der Waals surface area contributed by atoms with Gasteiger partial charge in [-0.1, -0.05) is 31.1 Å². The Kier molecular flexibility index (Phi) is 5.83. The summed E-state index contributed by atoms with van der Waals surface area (Å²) in [4.78, 5) is 2.48. The SMILES string of the molecule is O[C@@H](CCc1cc(F)cc(F)c1)CNC1(c2ccc(C#CC3CC4C3C43CC3)s2)CCCCC1. The second kappa shape index (κ2) is 8.73. The number of rotatable bonds is 7.